The topological polar surface area (TPSA) is 66.6 Å². The molecule has 2 aliphatic heterocycles. The first-order chi connectivity index (χ1) is 10.6. The molecule has 1 atom stereocenters. The van der Waals surface area contributed by atoms with Gasteiger partial charge in [0.15, 0.2) is 0 Å². The molecule has 0 aromatic carbocycles. The molecule has 0 aromatic rings. The monoisotopic (exact) mass is 345 g/mol. The standard InChI is InChI=1S/C17H31N3O2.ClH/c1-3-17(4-2,13-18)16(22)20-11-7-8-14(12-20)15(21)19-9-5-6-10-19;/h14H,3-13,18H2,1-2H3;1H. The number of hydrogen-bond donors (Lipinski definition) is 1. The zero-order valence-electron chi connectivity index (χ0n) is 14.6. The molecule has 0 aliphatic carbocycles. The van der Waals surface area contributed by atoms with Gasteiger partial charge >= 0.3 is 0 Å². The van der Waals surface area contributed by atoms with Gasteiger partial charge in [-0.05, 0) is 38.5 Å². The first kappa shape index (κ1) is 20.2. The van der Waals surface area contributed by atoms with E-state index in [1.54, 1.807) is 0 Å². The van der Waals surface area contributed by atoms with Gasteiger partial charge in [0.2, 0.25) is 11.8 Å². The van der Waals surface area contributed by atoms with Crippen molar-refractivity contribution in [1.82, 2.24) is 9.80 Å². The van der Waals surface area contributed by atoms with Crippen LogP contribution in [0.2, 0.25) is 0 Å². The molecule has 2 heterocycles. The van der Waals surface area contributed by atoms with Crippen molar-refractivity contribution in [3.8, 4) is 0 Å². The highest BCUT2D eigenvalue weighted by atomic mass is 35.5. The number of halogens is 1. The third kappa shape index (κ3) is 4.18. The van der Waals surface area contributed by atoms with E-state index in [9.17, 15) is 9.59 Å². The Morgan fingerprint density at radius 2 is 1.61 bits per heavy atom. The maximum absolute atomic E-state index is 12.9. The van der Waals surface area contributed by atoms with Gasteiger partial charge < -0.3 is 15.5 Å². The normalized spacial score (nSPS) is 22.0. The van der Waals surface area contributed by atoms with Gasteiger partial charge in [0.25, 0.3) is 0 Å². The molecule has 2 fully saturated rings. The molecule has 2 rings (SSSR count). The fraction of sp³-hybridized carbons (Fsp3) is 0.882. The van der Waals surface area contributed by atoms with Crippen molar-refractivity contribution >= 4 is 24.2 Å². The molecule has 0 aromatic heterocycles. The number of carbonyl (C=O) groups excluding carboxylic acids is 2. The molecule has 1 unspecified atom stereocenters. The van der Waals surface area contributed by atoms with Gasteiger partial charge in [0.05, 0.1) is 11.3 Å². The lowest BCUT2D eigenvalue weighted by atomic mass is 9.80. The van der Waals surface area contributed by atoms with Gasteiger partial charge in [-0.1, -0.05) is 13.8 Å². The fourth-order valence-electron chi connectivity index (χ4n) is 3.82. The lowest BCUT2D eigenvalue weighted by Gasteiger charge is -2.40. The summed E-state index contributed by atoms with van der Waals surface area (Å²) < 4.78 is 0. The van der Waals surface area contributed by atoms with Gasteiger partial charge in [-0.15, -0.1) is 12.4 Å². The second-order valence-electron chi connectivity index (χ2n) is 6.81. The number of carbonyl (C=O) groups is 2. The summed E-state index contributed by atoms with van der Waals surface area (Å²) in [5.41, 5.74) is 5.46. The van der Waals surface area contributed by atoms with Crippen LogP contribution >= 0.6 is 12.4 Å². The summed E-state index contributed by atoms with van der Waals surface area (Å²) in [6, 6.07) is 0. The second kappa shape index (κ2) is 8.88. The molecule has 0 saturated carbocycles. The van der Waals surface area contributed by atoms with E-state index in [0.29, 0.717) is 13.1 Å². The maximum atomic E-state index is 12.9. The van der Waals surface area contributed by atoms with Crippen molar-refractivity contribution in [3.05, 3.63) is 0 Å². The van der Waals surface area contributed by atoms with E-state index >= 15 is 0 Å². The maximum Gasteiger partial charge on any atom is 0.230 e. The quantitative estimate of drug-likeness (QED) is 0.829. The predicted molar refractivity (Wildman–Crippen MR) is 94.4 cm³/mol. The Morgan fingerprint density at radius 1 is 1.04 bits per heavy atom. The number of piperidine rings is 1. The van der Waals surface area contributed by atoms with Crippen LogP contribution in [0.1, 0.15) is 52.4 Å². The summed E-state index contributed by atoms with van der Waals surface area (Å²) in [7, 11) is 0. The minimum atomic E-state index is -0.446. The van der Waals surface area contributed by atoms with Crippen LogP contribution in [0.15, 0.2) is 0 Å². The Labute approximate surface area is 146 Å². The average molecular weight is 346 g/mol. The minimum Gasteiger partial charge on any atom is -0.342 e. The SMILES string of the molecule is CCC(CC)(CN)C(=O)N1CCCC(C(=O)N2CCCC2)C1.Cl. The largest absolute Gasteiger partial charge is 0.342 e. The molecule has 134 valence electrons. The van der Waals surface area contributed by atoms with Crippen molar-refractivity contribution in [2.75, 3.05) is 32.7 Å². The molecule has 5 nitrogen and oxygen atoms in total. The van der Waals surface area contributed by atoms with E-state index in [0.717, 1.165) is 58.2 Å². The number of rotatable bonds is 5. The molecule has 23 heavy (non-hydrogen) atoms. The molecule has 6 heteroatoms. The van der Waals surface area contributed by atoms with Crippen LogP contribution in [0, 0.1) is 11.3 Å². The number of amides is 2. The average Bonchev–Trinajstić information content (AvgIpc) is 3.11. The molecule has 2 amide bonds. The van der Waals surface area contributed by atoms with Crippen molar-refractivity contribution in [2.24, 2.45) is 17.1 Å². The van der Waals surface area contributed by atoms with E-state index in [1.165, 1.54) is 0 Å². The lowest BCUT2D eigenvalue weighted by molar-refractivity contribution is -0.147. The highest BCUT2D eigenvalue weighted by Crippen LogP contribution is 2.30. The molecule has 2 saturated heterocycles. The minimum absolute atomic E-state index is 0. The van der Waals surface area contributed by atoms with E-state index < -0.39 is 5.41 Å². The van der Waals surface area contributed by atoms with Crippen molar-refractivity contribution in [3.63, 3.8) is 0 Å². The number of nitrogens with two attached hydrogens (primary N) is 1. The zero-order valence-corrected chi connectivity index (χ0v) is 15.4. The molecular formula is C17H32ClN3O2. The van der Waals surface area contributed by atoms with Gasteiger partial charge in [0, 0.05) is 32.7 Å². The van der Waals surface area contributed by atoms with E-state index in [1.807, 2.05) is 23.6 Å². The lowest BCUT2D eigenvalue weighted by Crippen LogP contribution is -2.52. The van der Waals surface area contributed by atoms with Gasteiger partial charge in [-0.25, -0.2) is 0 Å². The summed E-state index contributed by atoms with van der Waals surface area (Å²) in [4.78, 5) is 29.4. The molecule has 0 bridgehead atoms. The third-order valence-corrected chi connectivity index (χ3v) is 5.67. The number of likely N-dealkylation sites (tertiary alicyclic amines) is 2. The van der Waals surface area contributed by atoms with Crippen LogP contribution in [0.3, 0.4) is 0 Å². The summed E-state index contributed by atoms with van der Waals surface area (Å²) in [5, 5.41) is 0. The summed E-state index contributed by atoms with van der Waals surface area (Å²) >= 11 is 0. The highest BCUT2D eigenvalue weighted by Gasteiger charge is 2.40. The molecular weight excluding hydrogens is 314 g/mol. The van der Waals surface area contributed by atoms with Crippen LogP contribution < -0.4 is 5.73 Å². The molecule has 2 aliphatic rings. The fourth-order valence-corrected chi connectivity index (χ4v) is 3.82. The van der Waals surface area contributed by atoms with Gasteiger partial charge in [0.1, 0.15) is 0 Å². The van der Waals surface area contributed by atoms with Crippen LogP contribution in [-0.2, 0) is 9.59 Å². The Balaban J connectivity index is 0.00000264. The Morgan fingerprint density at radius 3 is 2.13 bits per heavy atom. The van der Waals surface area contributed by atoms with Gasteiger partial charge in [-0.2, -0.15) is 0 Å². The van der Waals surface area contributed by atoms with Crippen LogP contribution in [0.5, 0.6) is 0 Å². The zero-order chi connectivity index (χ0) is 16.2. The molecule has 0 spiro atoms. The first-order valence-electron chi connectivity index (χ1n) is 8.86. The first-order valence-corrected chi connectivity index (χ1v) is 8.86. The highest BCUT2D eigenvalue weighted by molar-refractivity contribution is 5.85. The van der Waals surface area contributed by atoms with Crippen LogP contribution in [0.25, 0.3) is 0 Å². The number of nitrogens with zero attached hydrogens (tertiary/aromatic N) is 2. The molecule has 0 radical (unpaired) electrons. The van der Waals surface area contributed by atoms with Crippen LogP contribution in [0.4, 0.5) is 0 Å². The third-order valence-electron chi connectivity index (χ3n) is 5.67. The van der Waals surface area contributed by atoms with Crippen molar-refractivity contribution in [2.45, 2.75) is 52.4 Å². The Hall–Kier alpha value is -0.810. The van der Waals surface area contributed by atoms with Crippen molar-refractivity contribution < 1.29 is 9.59 Å². The molecule has 2 N–H and O–H groups in total. The smallest absolute Gasteiger partial charge is 0.230 e. The summed E-state index contributed by atoms with van der Waals surface area (Å²) in [5.74, 6) is 0.389. The Kier molecular flexibility index (Phi) is 7.81. The van der Waals surface area contributed by atoms with Gasteiger partial charge in [-0.3, -0.25) is 9.59 Å². The predicted octanol–water partition coefficient (Wildman–Crippen LogP) is 2.03. The number of hydrogen-bond acceptors (Lipinski definition) is 3. The van der Waals surface area contributed by atoms with Crippen molar-refractivity contribution in [1.29, 1.82) is 0 Å². The van der Waals surface area contributed by atoms with E-state index in [-0.39, 0.29) is 30.1 Å². The summed E-state index contributed by atoms with van der Waals surface area (Å²) in [6.07, 6.45) is 5.59. The van der Waals surface area contributed by atoms with Crippen LogP contribution in [-0.4, -0.2) is 54.3 Å². The summed E-state index contributed by atoms with van der Waals surface area (Å²) in [6.45, 7) is 7.58. The van der Waals surface area contributed by atoms with E-state index in [4.69, 9.17) is 5.73 Å². The second-order valence-corrected chi connectivity index (χ2v) is 6.81. The van der Waals surface area contributed by atoms with E-state index in [2.05, 4.69) is 0 Å². The Bertz CT molecular complexity index is 398.